The summed E-state index contributed by atoms with van der Waals surface area (Å²) in [7, 11) is 0. The van der Waals surface area contributed by atoms with E-state index < -0.39 is 11.1 Å². The van der Waals surface area contributed by atoms with Gasteiger partial charge >= 0.3 is 0 Å². The number of aromatic nitrogens is 1. The molecule has 6 nitrogen and oxygen atoms in total. The summed E-state index contributed by atoms with van der Waals surface area (Å²) in [5.74, 6) is -0.758. The molecule has 1 fully saturated rings. The first kappa shape index (κ1) is 19.2. The molecule has 0 atom stereocenters. The SMILES string of the molecule is N#CCCn1cc(C(=O)CN2C(=O)S/C(=C\c3cccs3)C2=O)c2ccccc21. The van der Waals surface area contributed by atoms with Gasteiger partial charge in [0.25, 0.3) is 11.1 Å². The van der Waals surface area contributed by atoms with E-state index in [-0.39, 0.29) is 12.3 Å². The number of nitrogens with zero attached hydrogens (tertiary/aromatic N) is 3. The van der Waals surface area contributed by atoms with Crippen molar-refractivity contribution in [3.8, 4) is 6.07 Å². The Kier molecular flexibility index (Phi) is 5.34. The van der Waals surface area contributed by atoms with Crippen LogP contribution in [0.25, 0.3) is 17.0 Å². The van der Waals surface area contributed by atoms with Crippen LogP contribution < -0.4 is 0 Å². The minimum absolute atomic E-state index is 0.307. The molecule has 0 spiro atoms. The third-order valence-corrected chi connectivity index (χ3v) is 6.27. The molecule has 3 heterocycles. The maximum Gasteiger partial charge on any atom is 0.293 e. The molecule has 3 aromatic rings. The van der Waals surface area contributed by atoms with Crippen molar-refractivity contribution >= 4 is 57.0 Å². The maximum absolute atomic E-state index is 13.0. The second-order valence-electron chi connectivity index (χ2n) is 6.37. The monoisotopic (exact) mass is 421 g/mol. The van der Waals surface area contributed by atoms with Crippen LogP contribution in [-0.2, 0) is 11.3 Å². The molecule has 0 N–H and O–H groups in total. The number of amides is 2. The number of benzene rings is 1. The van der Waals surface area contributed by atoms with Crippen LogP contribution in [0.4, 0.5) is 4.79 Å². The lowest BCUT2D eigenvalue weighted by Gasteiger charge is -2.10. The van der Waals surface area contributed by atoms with Gasteiger partial charge in [-0.2, -0.15) is 5.26 Å². The number of Topliss-reactive ketones (excluding diaryl/α,β-unsaturated/α-hetero) is 1. The van der Waals surface area contributed by atoms with Crippen LogP contribution in [0.5, 0.6) is 0 Å². The molecule has 1 aliphatic heterocycles. The molecule has 8 heteroatoms. The summed E-state index contributed by atoms with van der Waals surface area (Å²) in [5, 5.41) is 11.1. The molecule has 0 radical (unpaired) electrons. The van der Waals surface area contributed by atoms with E-state index in [0.717, 1.165) is 32.4 Å². The number of para-hydroxylation sites is 1. The van der Waals surface area contributed by atoms with Gasteiger partial charge in [-0.25, -0.2) is 0 Å². The van der Waals surface area contributed by atoms with Crippen molar-refractivity contribution in [2.24, 2.45) is 0 Å². The fourth-order valence-corrected chi connectivity index (χ4v) is 4.75. The van der Waals surface area contributed by atoms with Gasteiger partial charge in [-0.3, -0.25) is 19.3 Å². The van der Waals surface area contributed by atoms with E-state index in [4.69, 9.17) is 5.26 Å². The molecular weight excluding hydrogens is 406 g/mol. The Bertz CT molecular complexity index is 1190. The molecule has 4 rings (SSSR count). The summed E-state index contributed by atoms with van der Waals surface area (Å²) >= 11 is 2.32. The van der Waals surface area contributed by atoms with Gasteiger partial charge in [0.2, 0.25) is 0 Å². The number of hydrogen-bond donors (Lipinski definition) is 0. The number of aryl methyl sites for hydroxylation is 1. The predicted molar refractivity (Wildman–Crippen MR) is 113 cm³/mol. The molecule has 1 aromatic carbocycles. The van der Waals surface area contributed by atoms with Crippen LogP contribution in [0.1, 0.15) is 21.7 Å². The molecule has 0 saturated carbocycles. The largest absolute Gasteiger partial charge is 0.346 e. The highest BCUT2D eigenvalue weighted by Crippen LogP contribution is 2.33. The van der Waals surface area contributed by atoms with Crippen molar-refractivity contribution in [3.05, 3.63) is 63.3 Å². The average molecular weight is 422 g/mol. The van der Waals surface area contributed by atoms with Crippen LogP contribution in [-0.4, -0.2) is 32.9 Å². The van der Waals surface area contributed by atoms with Crippen LogP contribution in [0.15, 0.2) is 52.9 Å². The van der Waals surface area contributed by atoms with Gasteiger partial charge in [0.05, 0.1) is 23.9 Å². The van der Waals surface area contributed by atoms with E-state index >= 15 is 0 Å². The maximum atomic E-state index is 13.0. The molecule has 144 valence electrons. The Morgan fingerprint density at radius 1 is 1.17 bits per heavy atom. The Labute approximate surface area is 175 Å². The molecule has 1 aliphatic rings. The van der Waals surface area contributed by atoms with E-state index in [9.17, 15) is 14.4 Å². The smallest absolute Gasteiger partial charge is 0.293 e. The first-order valence-electron chi connectivity index (χ1n) is 8.85. The Balaban J connectivity index is 1.59. The van der Waals surface area contributed by atoms with Gasteiger partial charge in [-0.1, -0.05) is 24.3 Å². The first-order chi connectivity index (χ1) is 14.1. The van der Waals surface area contributed by atoms with Gasteiger partial charge in [0.1, 0.15) is 0 Å². The van der Waals surface area contributed by atoms with Crippen LogP contribution in [0.2, 0.25) is 0 Å². The van der Waals surface area contributed by atoms with E-state index in [0.29, 0.717) is 23.4 Å². The molecule has 0 unspecified atom stereocenters. The Hall–Kier alpha value is -3.15. The highest BCUT2D eigenvalue weighted by Gasteiger charge is 2.36. The van der Waals surface area contributed by atoms with E-state index in [1.165, 1.54) is 11.3 Å². The third-order valence-electron chi connectivity index (χ3n) is 4.55. The number of carbonyl (C=O) groups excluding carboxylic acids is 3. The van der Waals surface area contributed by atoms with Gasteiger partial charge in [0.15, 0.2) is 5.78 Å². The Morgan fingerprint density at radius 2 is 2.00 bits per heavy atom. The van der Waals surface area contributed by atoms with Gasteiger partial charge in [0, 0.05) is 34.1 Å². The van der Waals surface area contributed by atoms with Crippen molar-refractivity contribution in [2.75, 3.05) is 6.54 Å². The normalized spacial score (nSPS) is 15.4. The van der Waals surface area contributed by atoms with Gasteiger partial charge in [-0.15, -0.1) is 11.3 Å². The molecule has 2 aromatic heterocycles. The van der Waals surface area contributed by atoms with E-state index in [1.54, 1.807) is 12.3 Å². The Morgan fingerprint density at radius 3 is 2.76 bits per heavy atom. The fraction of sp³-hybridized carbons (Fsp3) is 0.143. The van der Waals surface area contributed by atoms with Crippen molar-refractivity contribution < 1.29 is 14.4 Å². The lowest BCUT2D eigenvalue weighted by Crippen LogP contribution is -2.33. The molecular formula is C21H15N3O3S2. The zero-order chi connectivity index (χ0) is 20.4. The number of carbonyl (C=O) groups is 3. The summed E-state index contributed by atoms with van der Waals surface area (Å²) in [6, 6.07) is 13.2. The highest BCUT2D eigenvalue weighted by atomic mass is 32.2. The van der Waals surface area contributed by atoms with Crippen LogP contribution >= 0.6 is 23.1 Å². The van der Waals surface area contributed by atoms with Crippen LogP contribution in [0.3, 0.4) is 0 Å². The number of nitriles is 1. The molecule has 0 aliphatic carbocycles. The van der Waals surface area contributed by atoms with E-state index in [1.807, 2.05) is 46.3 Å². The topological polar surface area (TPSA) is 83.2 Å². The second kappa shape index (κ2) is 8.07. The lowest BCUT2D eigenvalue weighted by molar-refractivity contribution is -0.122. The van der Waals surface area contributed by atoms with E-state index in [2.05, 4.69) is 6.07 Å². The number of thioether (sulfide) groups is 1. The summed E-state index contributed by atoms with van der Waals surface area (Å²) < 4.78 is 1.86. The molecule has 1 saturated heterocycles. The number of ketones is 1. The summed E-state index contributed by atoms with van der Waals surface area (Å²) in [4.78, 5) is 40.1. The van der Waals surface area contributed by atoms with Crippen molar-refractivity contribution in [1.29, 1.82) is 5.26 Å². The number of thiophene rings is 1. The number of hydrogen-bond acceptors (Lipinski definition) is 6. The molecule has 0 bridgehead atoms. The quantitative estimate of drug-likeness (QED) is 0.431. The summed E-state index contributed by atoms with van der Waals surface area (Å²) in [6.45, 7) is 0.161. The highest BCUT2D eigenvalue weighted by molar-refractivity contribution is 8.18. The minimum Gasteiger partial charge on any atom is -0.346 e. The summed E-state index contributed by atoms with van der Waals surface area (Å²) in [5.41, 5.74) is 1.29. The predicted octanol–water partition coefficient (Wildman–Crippen LogP) is 4.54. The number of fused-ring (bicyclic) bond motifs is 1. The lowest BCUT2D eigenvalue weighted by atomic mass is 10.1. The standard InChI is InChI=1S/C21H15N3O3S2/c22-8-4-9-23-12-16(15-6-1-2-7-17(15)23)18(25)13-24-20(26)19(29-21(24)27)11-14-5-3-10-28-14/h1-3,5-7,10-12H,4,9,13H2/b19-11-. The first-order valence-corrected chi connectivity index (χ1v) is 10.5. The van der Waals surface area contributed by atoms with Crippen molar-refractivity contribution in [2.45, 2.75) is 13.0 Å². The molecule has 2 amide bonds. The van der Waals surface area contributed by atoms with Crippen molar-refractivity contribution in [1.82, 2.24) is 9.47 Å². The molecule has 29 heavy (non-hydrogen) atoms. The van der Waals surface area contributed by atoms with Crippen molar-refractivity contribution in [3.63, 3.8) is 0 Å². The second-order valence-corrected chi connectivity index (χ2v) is 8.34. The average Bonchev–Trinajstić information content (AvgIpc) is 3.42. The number of imide groups is 1. The fourth-order valence-electron chi connectivity index (χ4n) is 3.19. The third kappa shape index (κ3) is 3.75. The minimum atomic E-state index is -0.449. The zero-order valence-corrected chi connectivity index (χ0v) is 16.8. The zero-order valence-electron chi connectivity index (χ0n) is 15.2. The number of rotatable bonds is 6. The summed E-state index contributed by atoms with van der Waals surface area (Å²) in [6.07, 6.45) is 3.70. The van der Waals surface area contributed by atoms with Crippen LogP contribution in [0, 0.1) is 11.3 Å². The van der Waals surface area contributed by atoms with Gasteiger partial charge in [-0.05, 0) is 35.4 Å². The van der Waals surface area contributed by atoms with Gasteiger partial charge < -0.3 is 4.57 Å².